The zero-order chi connectivity index (χ0) is 21.3. The Labute approximate surface area is 182 Å². The Bertz CT molecular complexity index is 1260. The van der Waals surface area contributed by atoms with E-state index in [-0.39, 0.29) is 5.69 Å². The fraction of sp³-hybridized carbons (Fsp3) is 0.0435. The second kappa shape index (κ2) is 8.22. The van der Waals surface area contributed by atoms with Gasteiger partial charge >= 0.3 is 0 Å². The predicted octanol–water partition coefficient (Wildman–Crippen LogP) is 5.74. The molecule has 1 N–H and O–H groups in total. The second-order valence-corrected chi connectivity index (χ2v) is 7.39. The number of nitrogens with zero attached hydrogens (tertiary/aromatic N) is 1. The smallest absolute Gasteiger partial charge is 0.298 e. The van der Waals surface area contributed by atoms with E-state index in [9.17, 15) is 9.59 Å². The summed E-state index contributed by atoms with van der Waals surface area (Å²) in [5.41, 5.74) is 2.89. The number of hydrogen-bond acceptors (Lipinski definition) is 3. The van der Waals surface area contributed by atoms with E-state index in [4.69, 9.17) is 27.9 Å². The van der Waals surface area contributed by atoms with Crippen molar-refractivity contribution in [2.75, 3.05) is 12.4 Å². The van der Waals surface area contributed by atoms with Crippen LogP contribution in [0, 0.1) is 0 Å². The van der Waals surface area contributed by atoms with Gasteiger partial charge in [-0.2, -0.15) is 0 Å². The van der Waals surface area contributed by atoms with E-state index in [2.05, 4.69) is 5.32 Å². The third kappa shape index (κ3) is 3.77. The monoisotopic (exact) mass is 438 g/mol. The molecule has 4 rings (SSSR count). The van der Waals surface area contributed by atoms with E-state index in [1.807, 2.05) is 30.3 Å². The van der Waals surface area contributed by atoms with Crippen LogP contribution in [-0.2, 0) is 4.79 Å². The van der Waals surface area contributed by atoms with Crippen LogP contribution in [0.1, 0.15) is 10.5 Å². The number of pyridine rings is 1. The molecule has 2 aromatic carbocycles. The number of nitrogens with one attached hydrogen (secondary N) is 1. The minimum atomic E-state index is -0.768. The van der Waals surface area contributed by atoms with Gasteiger partial charge in [0.15, 0.2) is 0 Å². The first-order chi connectivity index (χ1) is 14.5. The van der Waals surface area contributed by atoms with Crippen molar-refractivity contribution in [3.63, 3.8) is 0 Å². The molecule has 0 atom stereocenters. The molecule has 0 saturated heterocycles. The molecule has 0 aliphatic heterocycles. The highest BCUT2D eigenvalue weighted by atomic mass is 35.5. The molecular weight excluding hydrogens is 423 g/mol. The van der Waals surface area contributed by atoms with Crippen LogP contribution in [0.4, 0.5) is 5.69 Å². The molecule has 0 saturated carbocycles. The Morgan fingerprint density at radius 2 is 1.73 bits per heavy atom. The number of fused-ring (bicyclic) bond motifs is 1. The number of carbonyl (C=O) groups is 2. The maximum absolute atomic E-state index is 13.2. The van der Waals surface area contributed by atoms with Crippen molar-refractivity contribution in [2.24, 2.45) is 0 Å². The number of hydrogen-bond donors (Lipinski definition) is 1. The Hall–Kier alpha value is -3.28. The van der Waals surface area contributed by atoms with Crippen LogP contribution in [0.2, 0.25) is 10.0 Å². The number of anilines is 1. The van der Waals surface area contributed by atoms with E-state index in [0.717, 1.165) is 11.1 Å². The number of amides is 1. The molecule has 0 aliphatic carbocycles. The first kappa shape index (κ1) is 20.0. The van der Waals surface area contributed by atoms with Crippen molar-refractivity contribution in [3.8, 4) is 16.9 Å². The number of ether oxygens (including phenoxy) is 1. The minimum absolute atomic E-state index is 0.269. The van der Waals surface area contributed by atoms with Crippen LogP contribution in [0.5, 0.6) is 5.75 Å². The molecule has 2 aromatic heterocycles. The topological polar surface area (TPSA) is 59.8 Å². The summed E-state index contributed by atoms with van der Waals surface area (Å²) in [5, 5.41) is 3.53. The average Bonchev–Trinajstić information content (AvgIpc) is 3.13. The van der Waals surface area contributed by atoms with Crippen molar-refractivity contribution in [1.82, 2.24) is 4.40 Å². The SMILES string of the molecule is COc1ccc(NC(=O)C(=O)c2c(-c3ccc(Cl)cc3)cc3ccccn23)cc1Cl. The number of aromatic nitrogens is 1. The molecular formula is C23H16Cl2N2O3. The van der Waals surface area contributed by atoms with E-state index < -0.39 is 11.7 Å². The third-order valence-electron chi connectivity index (χ3n) is 4.67. The highest BCUT2D eigenvalue weighted by Gasteiger charge is 2.25. The molecule has 1 amide bonds. The Morgan fingerprint density at radius 1 is 0.967 bits per heavy atom. The molecule has 5 nitrogen and oxygen atoms in total. The fourth-order valence-corrected chi connectivity index (χ4v) is 3.63. The van der Waals surface area contributed by atoms with Gasteiger partial charge in [0.2, 0.25) is 0 Å². The minimum Gasteiger partial charge on any atom is -0.495 e. The number of benzene rings is 2. The zero-order valence-corrected chi connectivity index (χ0v) is 17.4. The van der Waals surface area contributed by atoms with E-state index in [1.165, 1.54) is 13.2 Å². The number of ketones is 1. The first-order valence-corrected chi connectivity index (χ1v) is 9.79. The van der Waals surface area contributed by atoms with Gasteiger partial charge in [-0.05, 0) is 54.1 Å². The van der Waals surface area contributed by atoms with Crippen molar-refractivity contribution in [3.05, 3.63) is 88.7 Å². The standard InChI is InChI=1S/C23H16Cl2N2O3/c1-30-20-10-9-16(12-19(20)25)26-23(29)22(28)21-18(14-5-7-15(24)8-6-14)13-17-4-2-3-11-27(17)21/h2-13H,1H3,(H,26,29). The van der Waals surface area contributed by atoms with Crippen molar-refractivity contribution in [1.29, 1.82) is 0 Å². The zero-order valence-electron chi connectivity index (χ0n) is 15.9. The van der Waals surface area contributed by atoms with E-state index in [0.29, 0.717) is 27.0 Å². The molecule has 2 heterocycles. The van der Waals surface area contributed by atoms with Crippen LogP contribution in [-0.4, -0.2) is 23.2 Å². The second-order valence-electron chi connectivity index (χ2n) is 6.54. The quantitative estimate of drug-likeness (QED) is 0.319. The molecule has 7 heteroatoms. The highest BCUT2D eigenvalue weighted by Crippen LogP contribution is 2.30. The number of halogens is 2. The Morgan fingerprint density at radius 3 is 2.43 bits per heavy atom. The lowest BCUT2D eigenvalue weighted by Gasteiger charge is -2.09. The van der Waals surface area contributed by atoms with Gasteiger partial charge in [0.1, 0.15) is 11.4 Å². The van der Waals surface area contributed by atoms with Crippen molar-refractivity contribution >= 4 is 46.1 Å². The summed E-state index contributed by atoms with van der Waals surface area (Å²) in [7, 11) is 1.50. The average molecular weight is 439 g/mol. The lowest BCUT2D eigenvalue weighted by Crippen LogP contribution is -2.24. The largest absolute Gasteiger partial charge is 0.495 e. The van der Waals surface area contributed by atoms with Crippen LogP contribution in [0.25, 0.3) is 16.6 Å². The lowest BCUT2D eigenvalue weighted by atomic mass is 10.0. The van der Waals surface area contributed by atoms with Gasteiger partial charge < -0.3 is 14.5 Å². The molecule has 0 aliphatic rings. The van der Waals surface area contributed by atoms with Crippen LogP contribution in [0.15, 0.2) is 72.9 Å². The normalized spacial score (nSPS) is 10.8. The maximum Gasteiger partial charge on any atom is 0.298 e. The lowest BCUT2D eigenvalue weighted by molar-refractivity contribution is -0.112. The van der Waals surface area contributed by atoms with E-state index in [1.54, 1.807) is 40.9 Å². The van der Waals surface area contributed by atoms with Gasteiger partial charge in [0, 0.05) is 28.0 Å². The first-order valence-electron chi connectivity index (χ1n) is 9.03. The van der Waals surface area contributed by atoms with Gasteiger partial charge in [-0.15, -0.1) is 0 Å². The van der Waals surface area contributed by atoms with Crippen LogP contribution >= 0.6 is 23.2 Å². The van der Waals surface area contributed by atoms with Crippen LogP contribution < -0.4 is 10.1 Å². The summed E-state index contributed by atoms with van der Waals surface area (Å²) in [4.78, 5) is 26.0. The van der Waals surface area contributed by atoms with Gasteiger partial charge in [0.25, 0.3) is 11.7 Å². The van der Waals surface area contributed by atoms with Crippen molar-refractivity contribution in [2.45, 2.75) is 0 Å². The van der Waals surface area contributed by atoms with Gasteiger partial charge in [-0.25, -0.2) is 0 Å². The molecule has 0 spiro atoms. The van der Waals surface area contributed by atoms with Gasteiger partial charge in [-0.3, -0.25) is 9.59 Å². The molecule has 0 unspecified atom stereocenters. The molecule has 0 radical (unpaired) electrons. The number of Topliss-reactive ketones (excluding diaryl/α,β-unsaturated/α-hetero) is 1. The maximum atomic E-state index is 13.2. The third-order valence-corrected chi connectivity index (χ3v) is 5.21. The summed E-state index contributed by atoms with van der Waals surface area (Å²) < 4.78 is 6.81. The Balaban J connectivity index is 1.73. The fourth-order valence-electron chi connectivity index (χ4n) is 3.24. The number of methoxy groups -OCH3 is 1. The van der Waals surface area contributed by atoms with Gasteiger partial charge in [-0.1, -0.05) is 41.4 Å². The molecule has 0 bridgehead atoms. The van der Waals surface area contributed by atoms with E-state index >= 15 is 0 Å². The summed E-state index contributed by atoms with van der Waals surface area (Å²) in [5.74, 6) is -0.961. The van der Waals surface area contributed by atoms with Gasteiger partial charge in [0.05, 0.1) is 12.1 Å². The summed E-state index contributed by atoms with van der Waals surface area (Å²) in [6, 6.07) is 19.3. The predicted molar refractivity (Wildman–Crippen MR) is 119 cm³/mol. The number of carbonyl (C=O) groups excluding carboxylic acids is 2. The van der Waals surface area contributed by atoms with Crippen LogP contribution in [0.3, 0.4) is 0 Å². The molecule has 30 heavy (non-hydrogen) atoms. The summed E-state index contributed by atoms with van der Waals surface area (Å²) in [6.45, 7) is 0. The summed E-state index contributed by atoms with van der Waals surface area (Å²) >= 11 is 12.1. The summed E-state index contributed by atoms with van der Waals surface area (Å²) in [6.07, 6.45) is 1.75. The van der Waals surface area contributed by atoms with Crippen molar-refractivity contribution < 1.29 is 14.3 Å². The molecule has 150 valence electrons. The molecule has 4 aromatic rings. The number of rotatable bonds is 5. The Kier molecular flexibility index (Phi) is 5.48. The molecule has 0 fully saturated rings. The highest BCUT2D eigenvalue weighted by molar-refractivity contribution is 6.47.